The zero-order valence-electron chi connectivity index (χ0n) is 32.5. The van der Waals surface area contributed by atoms with Gasteiger partial charge in [-0.05, 0) is 47.3 Å². The maximum Gasteiger partial charge on any atom is 0.322 e. The molecule has 11 nitrogen and oxygen atoms in total. The predicted octanol–water partition coefficient (Wildman–Crippen LogP) is 4.98. The van der Waals surface area contributed by atoms with Gasteiger partial charge in [0, 0.05) is 6.42 Å². The number of amides is 4. The lowest BCUT2D eigenvalue weighted by molar-refractivity contribution is -0.139. The Bertz CT molecular complexity index is 1830. The molecule has 4 aromatic rings. The summed E-state index contributed by atoms with van der Waals surface area (Å²) >= 11 is 1.80. The number of carbonyl (C=O) groups is 5. The van der Waals surface area contributed by atoms with E-state index in [9.17, 15) is 29.1 Å². The number of aliphatic hydroxyl groups excluding tert-OH is 1. The first-order valence-electron chi connectivity index (χ1n) is 19.0. The Morgan fingerprint density at radius 3 is 1.68 bits per heavy atom. The second-order valence-corrected chi connectivity index (χ2v) is 15.3. The fraction of sp³-hybridized carbons (Fsp3) is 0.311. The molecule has 0 heterocycles. The summed E-state index contributed by atoms with van der Waals surface area (Å²) < 4.78 is -0.472. The van der Waals surface area contributed by atoms with Crippen molar-refractivity contribution in [2.24, 2.45) is 5.92 Å². The molecule has 4 atom stereocenters. The summed E-state index contributed by atoms with van der Waals surface area (Å²) in [4.78, 5) is 63.4. The fourth-order valence-electron chi connectivity index (χ4n) is 6.34. The van der Waals surface area contributed by atoms with E-state index in [0.717, 1.165) is 22.3 Å². The first-order chi connectivity index (χ1) is 27.4. The number of carbonyl (C=O) groups excluding carboxylic acids is 4. The minimum Gasteiger partial charge on any atom is -0.480 e. The van der Waals surface area contributed by atoms with Crippen molar-refractivity contribution in [2.75, 3.05) is 12.3 Å². The standard InChI is InChI=1S/C45H52N4O7S/c1-31(2)41(44(56)46-30-40(52)53)49-43(55)38(28-33-18-8-4-9-19-33)48-42(54)32(3)47-39(51)29-37(50)26-16-17-27-57-45(34-20-10-5-11-21-34,35-22-12-6-13-23-35)36-24-14-7-15-25-36/h4-16,18-26,31-32,37-38,41,50H,17,27-30H2,1-3H3,(H,46,56)(H,47,51)(H,48,54)(H,49,55)(H,52,53)/b26-16+. The number of thioether (sulfide) groups is 1. The summed E-state index contributed by atoms with van der Waals surface area (Å²) in [5, 5.41) is 29.9. The largest absolute Gasteiger partial charge is 0.480 e. The average molecular weight is 793 g/mol. The Morgan fingerprint density at radius 2 is 1.19 bits per heavy atom. The van der Waals surface area contributed by atoms with Crippen LogP contribution in [0.5, 0.6) is 0 Å². The molecular formula is C45H52N4O7S. The molecule has 0 aliphatic heterocycles. The van der Waals surface area contributed by atoms with Crippen molar-refractivity contribution in [2.45, 2.75) is 69.0 Å². The number of rotatable bonds is 21. The van der Waals surface area contributed by atoms with E-state index in [1.165, 1.54) is 6.92 Å². The van der Waals surface area contributed by atoms with E-state index >= 15 is 0 Å². The molecule has 6 N–H and O–H groups in total. The third kappa shape index (κ3) is 13.2. The van der Waals surface area contributed by atoms with Crippen LogP contribution in [0.3, 0.4) is 0 Å². The van der Waals surface area contributed by atoms with Crippen molar-refractivity contribution in [1.82, 2.24) is 21.3 Å². The third-order valence-electron chi connectivity index (χ3n) is 9.24. The molecule has 0 radical (unpaired) electrons. The monoisotopic (exact) mass is 792 g/mol. The van der Waals surface area contributed by atoms with Crippen molar-refractivity contribution in [3.05, 3.63) is 156 Å². The lowest BCUT2D eigenvalue weighted by Crippen LogP contribution is -2.58. The Kier molecular flexibility index (Phi) is 17.1. The van der Waals surface area contributed by atoms with Crippen LogP contribution in [0.4, 0.5) is 0 Å². The van der Waals surface area contributed by atoms with Gasteiger partial charge in [0.15, 0.2) is 0 Å². The Hall–Kier alpha value is -5.72. The van der Waals surface area contributed by atoms with Gasteiger partial charge in [-0.3, -0.25) is 24.0 Å². The summed E-state index contributed by atoms with van der Waals surface area (Å²) in [6.07, 6.45) is 2.78. The summed E-state index contributed by atoms with van der Waals surface area (Å²) in [5.74, 6) is -3.42. The number of carboxylic acid groups (broad SMARTS) is 1. The zero-order valence-corrected chi connectivity index (χ0v) is 33.3. The van der Waals surface area contributed by atoms with E-state index in [1.54, 1.807) is 56.0 Å². The zero-order chi connectivity index (χ0) is 41.2. The van der Waals surface area contributed by atoms with Gasteiger partial charge in [0.25, 0.3) is 0 Å². The highest BCUT2D eigenvalue weighted by atomic mass is 32.2. The molecular weight excluding hydrogens is 741 g/mol. The highest BCUT2D eigenvalue weighted by Crippen LogP contribution is 2.48. The van der Waals surface area contributed by atoms with E-state index in [1.807, 2.05) is 66.7 Å². The fourth-order valence-corrected chi connectivity index (χ4v) is 7.81. The normalized spacial score (nSPS) is 13.6. The molecule has 57 heavy (non-hydrogen) atoms. The first-order valence-corrected chi connectivity index (χ1v) is 20.0. The average Bonchev–Trinajstić information content (AvgIpc) is 3.21. The van der Waals surface area contributed by atoms with Crippen LogP contribution in [0.25, 0.3) is 0 Å². The molecule has 4 amide bonds. The van der Waals surface area contributed by atoms with Gasteiger partial charge in [-0.2, -0.15) is 0 Å². The van der Waals surface area contributed by atoms with Crippen molar-refractivity contribution in [1.29, 1.82) is 0 Å². The van der Waals surface area contributed by atoms with Crippen molar-refractivity contribution in [3.8, 4) is 0 Å². The van der Waals surface area contributed by atoms with Crippen LogP contribution in [0.2, 0.25) is 0 Å². The van der Waals surface area contributed by atoms with Gasteiger partial charge in [0.1, 0.15) is 24.7 Å². The summed E-state index contributed by atoms with van der Waals surface area (Å²) in [6, 6.07) is 36.8. The molecule has 4 aromatic carbocycles. The number of nitrogens with one attached hydrogen (secondary N) is 4. The van der Waals surface area contributed by atoms with E-state index in [0.29, 0.717) is 12.2 Å². The number of hydrogen-bond donors (Lipinski definition) is 6. The van der Waals surface area contributed by atoms with Crippen LogP contribution < -0.4 is 21.3 Å². The second-order valence-electron chi connectivity index (χ2n) is 14.0. The summed E-state index contributed by atoms with van der Waals surface area (Å²) in [7, 11) is 0. The van der Waals surface area contributed by atoms with E-state index in [-0.39, 0.29) is 18.8 Å². The van der Waals surface area contributed by atoms with Gasteiger partial charge in [-0.25, -0.2) is 0 Å². The number of benzene rings is 4. The molecule has 0 aliphatic carbocycles. The van der Waals surface area contributed by atoms with E-state index < -0.39 is 65.1 Å². The minimum absolute atomic E-state index is 0.0889. The van der Waals surface area contributed by atoms with Crippen LogP contribution in [0.15, 0.2) is 133 Å². The van der Waals surface area contributed by atoms with E-state index in [4.69, 9.17) is 5.11 Å². The third-order valence-corrected chi connectivity index (χ3v) is 10.8. The number of hydrogen-bond acceptors (Lipinski definition) is 7. The molecule has 300 valence electrons. The highest BCUT2D eigenvalue weighted by molar-refractivity contribution is 8.00. The molecule has 0 fully saturated rings. The van der Waals surface area contributed by atoms with Crippen molar-refractivity contribution >= 4 is 41.4 Å². The first kappa shape index (κ1) is 44.0. The Labute approximate surface area is 338 Å². The molecule has 4 rings (SSSR count). The van der Waals surface area contributed by atoms with Gasteiger partial charge >= 0.3 is 5.97 Å². The lowest BCUT2D eigenvalue weighted by Gasteiger charge is -2.35. The molecule has 0 bridgehead atoms. The van der Waals surface area contributed by atoms with Gasteiger partial charge in [0.2, 0.25) is 23.6 Å². The van der Waals surface area contributed by atoms with Gasteiger partial charge < -0.3 is 31.5 Å². The SMILES string of the molecule is CC(NC(=O)CC(O)/C=C/CCSC(c1ccccc1)(c1ccccc1)c1ccccc1)C(=O)NC(Cc1ccccc1)C(=O)NC(C(=O)NCC(=O)O)C(C)C. The van der Waals surface area contributed by atoms with Gasteiger partial charge in [0.05, 0.1) is 17.3 Å². The van der Waals surface area contributed by atoms with E-state index in [2.05, 4.69) is 57.7 Å². The Balaban J connectivity index is 1.35. The number of aliphatic carboxylic acids is 1. The van der Waals surface area contributed by atoms with Crippen molar-refractivity contribution < 1.29 is 34.2 Å². The van der Waals surface area contributed by atoms with Crippen LogP contribution in [0.1, 0.15) is 55.9 Å². The number of carboxylic acids is 1. The molecule has 0 saturated carbocycles. The van der Waals surface area contributed by atoms with Gasteiger partial charge in [-0.1, -0.05) is 147 Å². The molecule has 12 heteroatoms. The van der Waals surface area contributed by atoms with Crippen LogP contribution >= 0.6 is 11.8 Å². The van der Waals surface area contributed by atoms with Crippen LogP contribution in [-0.2, 0) is 35.1 Å². The summed E-state index contributed by atoms with van der Waals surface area (Å²) in [5.41, 5.74) is 4.19. The molecule has 0 aromatic heterocycles. The predicted molar refractivity (Wildman–Crippen MR) is 223 cm³/mol. The maximum absolute atomic E-state index is 13.5. The molecule has 0 saturated heterocycles. The number of aliphatic hydroxyl groups is 1. The highest BCUT2D eigenvalue weighted by Gasteiger charge is 2.36. The van der Waals surface area contributed by atoms with Crippen molar-refractivity contribution in [3.63, 3.8) is 0 Å². The van der Waals surface area contributed by atoms with Crippen LogP contribution in [-0.4, -0.2) is 76.3 Å². The van der Waals surface area contributed by atoms with Crippen LogP contribution in [0, 0.1) is 5.92 Å². The topological polar surface area (TPSA) is 174 Å². The smallest absolute Gasteiger partial charge is 0.322 e. The lowest BCUT2D eigenvalue weighted by atomic mass is 9.84. The molecule has 4 unspecified atom stereocenters. The summed E-state index contributed by atoms with van der Waals surface area (Å²) in [6.45, 7) is 4.26. The molecule has 0 spiro atoms. The minimum atomic E-state index is -1.23. The maximum atomic E-state index is 13.5. The number of allylic oxidation sites excluding steroid dienone is 1. The van der Waals surface area contributed by atoms with Gasteiger partial charge in [-0.15, -0.1) is 11.8 Å². The molecule has 0 aliphatic rings. The Morgan fingerprint density at radius 1 is 0.684 bits per heavy atom. The second kappa shape index (κ2) is 22.1. The quantitative estimate of drug-likeness (QED) is 0.0390.